The number of hydrogen-bond donors (Lipinski definition) is 1. The number of carbonyl (C=O) groups is 1. The van der Waals surface area contributed by atoms with Gasteiger partial charge in [0.25, 0.3) is 6.43 Å². The summed E-state index contributed by atoms with van der Waals surface area (Å²) >= 11 is 0.666. The highest BCUT2D eigenvalue weighted by Crippen LogP contribution is 2.40. The summed E-state index contributed by atoms with van der Waals surface area (Å²) in [5, 5.41) is 17.8. The van der Waals surface area contributed by atoms with Crippen LogP contribution in [-0.4, -0.2) is 80.5 Å². The standard InChI is InChI=1S/C28H31F2N9O4S2/c1-15-12-38(26(40)43-27(3,4)5)16(2)11-37(15)22-20-18-7-6-17(45(41,42)36-28(13-31)8-9-28)10-19(18)39(23(20)33-14-32-22)25-35-34-24(44-25)21(29)30/h6-7,10,14-16,21,36H,8-9,11-12H2,1-5H3/t15-,16+/m1/s1. The van der Waals surface area contributed by atoms with Gasteiger partial charge in [-0.3, -0.25) is 4.57 Å². The molecule has 1 aliphatic carbocycles. The zero-order valence-electron chi connectivity index (χ0n) is 25.2. The van der Waals surface area contributed by atoms with Crippen LogP contribution >= 0.6 is 11.3 Å². The monoisotopic (exact) mass is 659 g/mol. The Labute approximate surface area is 261 Å². The zero-order valence-corrected chi connectivity index (χ0v) is 26.8. The number of sulfonamides is 1. The van der Waals surface area contributed by atoms with Crippen molar-refractivity contribution >= 4 is 55.2 Å². The first kappa shape index (κ1) is 31.0. The molecule has 3 aromatic heterocycles. The number of nitriles is 1. The molecule has 6 rings (SSSR count). The molecule has 17 heteroatoms. The topological polar surface area (TPSA) is 159 Å². The van der Waals surface area contributed by atoms with E-state index in [9.17, 15) is 27.3 Å². The van der Waals surface area contributed by atoms with Crippen LogP contribution in [0.25, 0.3) is 27.1 Å². The number of nitrogens with one attached hydrogen (secondary N) is 1. The van der Waals surface area contributed by atoms with Gasteiger partial charge in [-0.1, -0.05) is 17.4 Å². The van der Waals surface area contributed by atoms with Crippen LogP contribution < -0.4 is 9.62 Å². The molecule has 0 bridgehead atoms. The van der Waals surface area contributed by atoms with Gasteiger partial charge in [0.1, 0.15) is 23.3 Å². The molecular weight excluding hydrogens is 628 g/mol. The molecule has 1 amide bonds. The van der Waals surface area contributed by atoms with Crippen molar-refractivity contribution in [1.29, 1.82) is 5.26 Å². The molecule has 45 heavy (non-hydrogen) atoms. The first-order valence-corrected chi connectivity index (χ1v) is 16.6. The van der Waals surface area contributed by atoms with Crippen LogP contribution in [0.4, 0.5) is 19.4 Å². The Bertz CT molecular complexity index is 1960. The zero-order chi connectivity index (χ0) is 32.5. The van der Waals surface area contributed by atoms with E-state index in [1.54, 1.807) is 11.0 Å². The lowest BCUT2D eigenvalue weighted by Gasteiger charge is -2.44. The van der Waals surface area contributed by atoms with E-state index in [0.29, 0.717) is 65.0 Å². The number of alkyl halides is 2. The Kier molecular flexibility index (Phi) is 7.45. The smallest absolute Gasteiger partial charge is 0.410 e. The van der Waals surface area contributed by atoms with Gasteiger partial charge in [-0.05, 0) is 59.6 Å². The van der Waals surface area contributed by atoms with Gasteiger partial charge in [0, 0.05) is 30.6 Å². The lowest BCUT2D eigenvalue weighted by Crippen LogP contribution is -2.59. The first-order chi connectivity index (χ1) is 21.1. The van der Waals surface area contributed by atoms with E-state index >= 15 is 0 Å². The number of anilines is 1. The highest BCUT2D eigenvalue weighted by atomic mass is 32.2. The van der Waals surface area contributed by atoms with E-state index < -0.39 is 38.7 Å². The van der Waals surface area contributed by atoms with Gasteiger partial charge in [-0.15, -0.1) is 10.2 Å². The van der Waals surface area contributed by atoms with Gasteiger partial charge in [0.2, 0.25) is 15.2 Å². The van der Waals surface area contributed by atoms with Gasteiger partial charge in [0.15, 0.2) is 10.7 Å². The van der Waals surface area contributed by atoms with Crippen molar-refractivity contribution in [2.45, 2.75) is 82.0 Å². The van der Waals surface area contributed by atoms with Crippen LogP contribution in [0.15, 0.2) is 29.4 Å². The van der Waals surface area contributed by atoms with Gasteiger partial charge < -0.3 is 14.5 Å². The summed E-state index contributed by atoms with van der Waals surface area (Å²) in [6, 6.07) is 6.02. The van der Waals surface area contributed by atoms with Crippen LogP contribution in [0.2, 0.25) is 0 Å². The number of fused-ring (bicyclic) bond motifs is 3. The van der Waals surface area contributed by atoms with Gasteiger partial charge in [0.05, 0.1) is 21.9 Å². The van der Waals surface area contributed by atoms with E-state index in [4.69, 9.17) is 4.74 Å². The number of halogens is 2. The van der Waals surface area contributed by atoms with Gasteiger partial charge in [-0.25, -0.2) is 32.0 Å². The summed E-state index contributed by atoms with van der Waals surface area (Å²) in [4.78, 5) is 25.7. The molecule has 4 aromatic rings. The quantitative estimate of drug-likeness (QED) is 0.312. The fourth-order valence-electron chi connectivity index (χ4n) is 5.46. The molecule has 2 fully saturated rings. The largest absolute Gasteiger partial charge is 0.444 e. The molecular formula is C28H31F2N9O4S2. The summed E-state index contributed by atoms with van der Waals surface area (Å²) in [6.07, 6.45) is -1.10. The summed E-state index contributed by atoms with van der Waals surface area (Å²) in [6.45, 7) is 10.1. The minimum Gasteiger partial charge on any atom is -0.444 e. The molecule has 0 unspecified atom stereocenters. The maximum absolute atomic E-state index is 13.5. The normalized spacial score (nSPS) is 20.2. The highest BCUT2D eigenvalue weighted by Gasteiger charge is 2.47. The van der Waals surface area contributed by atoms with Crippen molar-refractivity contribution in [2.75, 3.05) is 18.0 Å². The first-order valence-electron chi connectivity index (χ1n) is 14.3. The molecule has 2 aliphatic rings. The van der Waals surface area contributed by atoms with Crippen LogP contribution in [0, 0.1) is 11.3 Å². The Hall–Kier alpha value is -4.01. The average molecular weight is 660 g/mol. The molecule has 1 saturated heterocycles. The fraction of sp³-hybridized carbons (Fsp3) is 0.500. The van der Waals surface area contributed by atoms with E-state index in [0.717, 1.165) is 0 Å². The van der Waals surface area contributed by atoms with Crippen molar-refractivity contribution in [3.05, 3.63) is 29.5 Å². The molecule has 1 N–H and O–H groups in total. The van der Waals surface area contributed by atoms with E-state index in [1.165, 1.54) is 23.0 Å². The lowest BCUT2D eigenvalue weighted by atomic mass is 10.1. The second-order valence-electron chi connectivity index (χ2n) is 12.4. The maximum Gasteiger partial charge on any atom is 0.410 e. The Morgan fingerprint density at radius 1 is 1.18 bits per heavy atom. The summed E-state index contributed by atoms with van der Waals surface area (Å²) in [7, 11) is -4.11. The second kappa shape index (κ2) is 10.8. The number of aromatic nitrogens is 5. The van der Waals surface area contributed by atoms with Crippen LogP contribution in [0.5, 0.6) is 0 Å². The highest BCUT2D eigenvalue weighted by molar-refractivity contribution is 7.89. The predicted molar refractivity (Wildman–Crippen MR) is 162 cm³/mol. The van der Waals surface area contributed by atoms with Crippen LogP contribution in [0.3, 0.4) is 0 Å². The molecule has 1 aliphatic heterocycles. The number of carbonyl (C=O) groups excluding carboxylic acids is 1. The van der Waals surface area contributed by atoms with Crippen molar-refractivity contribution in [2.24, 2.45) is 0 Å². The van der Waals surface area contributed by atoms with E-state index in [2.05, 4.69) is 24.9 Å². The summed E-state index contributed by atoms with van der Waals surface area (Å²) in [5.74, 6) is 0.528. The Morgan fingerprint density at radius 3 is 2.53 bits per heavy atom. The molecule has 0 radical (unpaired) electrons. The summed E-state index contributed by atoms with van der Waals surface area (Å²) in [5.41, 5.74) is -1.14. The SMILES string of the molecule is C[C@@H]1CN(C(=O)OC(C)(C)C)[C@@H](C)CN1c1ncnc2c1c1ccc(S(=O)(=O)NC3(C#N)CC3)cc1n2-c1nnc(C(F)F)s1. The molecule has 0 spiro atoms. The van der Waals surface area contributed by atoms with Crippen molar-refractivity contribution in [1.82, 2.24) is 34.4 Å². The summed E-state index contributed by atoms with van der Waals surface area (Å²) < 4.78 is 63.4. The van der Waals surface area contributed by atoms with E-state index in [1.807, 2.05) is 45.6 Å². The third-order valence-corrected chi connectivity index (χ3v) is 10.2. The van der Waals surface area contributed by atoms with Crippen LogP contribution in [-0.2, 0) is 14.8 Å². The number of ether oxygens (including phenoxy) is 1. The molecule has 13 nitrogen and oxygen atoms in total. The minimum absolute atomic E-state index is 0.0734. The molecule has 238 valence electrons. The van der Waals surface area contributed by atoms with Gasteiger partial charge in [-0.2, -0.15) is 9.98 Å². The van der Waals surface area contributed by atoms with E-state index in [-0.39, 0.29) is 22.1 Å². The second-order valence-corrected chi connectivity index (χ2v) is 15.1. The molecule has 2 atom stereocenters. The third-order valence-electron chi connectivity index (χ3n) is 7.80. The predicted octanol–water partition coefficient (Wildman–Crippen LogP) is 4.53. The fourth-order valence-corrected chi connectivity index (χ4v) is 7.57. The third kappa shape index (κ3) is 5.66. The molecule has 1 aromatic carbocycles. The van der Waals surface area contributed by atoms with Crippen LogP contribution in [0.1, 0.15) is 58.9 Å². The van der Waals surface area contributed by atoms with Gasteiger partial charge >= 0.3 is 6.09 Å². The number of hydrogen-bond acceptors (Lipinski definition) is 11. The Balaban J connectivity index is 1.49. The molecule has 1 saturated carbocycles. The van der Waals surface area contributed by atoms with Crippen molar-refractivity contribution in [3.8, 4) is 11.2 Å². The number of benzene rings is 1. The van der Waals surface area contributed by atoms with Crippen molar-refractivity contribution in [3.63, 3.8) is 0 Å². The Morgan fingerprint density at radius 2 is 1.91 bits per heavy atom. The number of amides is 1. The maximum atomic E-state index is 13.5. The average Bonchev–Trinajstić information content (AvgIpc) is 3.40. The number of piperazine rings is 1. The number of nitrogens with zero attached hydrogens (tertiary/aromatic N) is 8. The molecule has 4 heterocycles. The lowest BCUT2D eigenvalue weighted by molar-refractivity contribution is 0.0130. The van der Waals surface area contributed by atoms with Crippen molar-refractivity contribution < 1.29 is 26.7 Å². The minimum atomic E-state index is -4.11. The number of rotatable bonds is 6.